The quantitative estimate of drug-likeness (QED) is 0.780. The van der Waals surface area contributed by atoms with Crippen LogP contribution < -0.4 is 11.1 Å². The molecular weight excluding hydrogens is 278 g/mol. The molecule has 0 spiro atoms. The zero-order valence-electron chi connectivity index (χ0n) is 12.6. The highest BCUT2D eigenvalue weighted by Crippen LogP contribution is 2.11. The van der Waals surface area contributed by atoms with Crippen LogP contribution in [0.3, 0.4) is 0 Å². The molecule has 0 aliphatic carbocycles. The minimum absolute atomic E-state index is 0. The van der Waals surface area contributed by atoms with Gasteiger partial charge in [-0.1, -0.05) is 20.3 Å². The lowest BCUT2D eigenvalue weighted by Gasteiger charge is -2.27. The number of nitrogens with two attached hydrogens (primary N) is 1. The SMILES string of the molecule is CCC(N)(CC)CNC(=O)CN1CCCCCC1=O.Cl. The Bertz CT molecular complexity index is 320. The van der Waals surface area contributed by atoms with Crippen LogP contribution in [-0.2, 0) is 9.59 Å². The first-order valence-corrected chi connectivity index (χ1v) is 7.34. The summed E-state index contributed by atoms with van der Waals surface area (Å²) in [6, 6.07) is 0. The second kappa shape index (κ2) is 9.19. The van der Waals surface area contributed by atoms with E-state index in [0.717, 1.165) is 32.1 Å². The van der Waals surface area contributed by atoms with E-state index in [1.165, 1.54) is 0 Å². The van der Waals surface area contributed by atoms with Crippen molar-refractivity contribution in [3.8, 4) is 0 Å². The van der Waals surface area contributed by atoms with Gasteiger partial charge in [-0.2, -0.15) is 0 Å². The zero-order chi connectivity index (χ0) is 14.3. The molecule has 118 valence electrons. The van der Waals surface area contributed by atoms with E-state index in [4.69, 9.17) is 5.73 Å². The number of hydrogen-bond acceptors (Lipinski definition) is 3. The van der Waals surface area contributed by atoms with Crippen molar-refractivity contribution in [2.75, 3.05) is 19.6 Å². The van der Waals surface area contributed by atoms with Crippen LogP contribution in [0.25, 0.3) is 0 Å². The Kier molecular flexibility index (Phi) is 8.81. The molecule has 0 aromatic rings. The molecule has 20 heavy (non-hydrogen) atoms. The average molecular weight is 306 g/mol. The monoisotopic (exact) mass is 305 g/mol. The number of carbonyl (C=O) groups is 2. The van der Waals surface area contributed by atoms with E-state index in [-0.39, 0.29) is 36.3 Å². The van der Waals surface area contributed by atoms with E-state index < -0.39 is 0 Å². The number of nitrogens with one attached hydrogen (secondary N) is 1. The summed E-state index contributed by atoms with van der Waals surface area (Å²) < 4.78 is 0. The Balaban J connectivity index is 0.00000361. The fraction of sp³-hybridized carbons (Fsp3) is 0.857. The van der Waals surface area contributed by atoms with Crippen molar-refractivity contribution in [3.05, 3.63) is 0 Å². The first kappa shape index (κ1) is 19.2. The molecule has 2 amide bonds. The number of halogens is 1. The van der Waals surface area contributed by atoms with Gasteiger partial charge in [0, 0.05) is 25.0 Å². The summed E-state index contributed by atoms with van der Waals surface area (Å²) in [5.74, 6) is -0.00961. The molecule has 0 radical (unpaired) electrons. The van der Waals surface area contributed by atoms with Crippen LogP contribution in [0.4, 0.5) is 0 Å². The number of carbonyl (C=O) groups excluding carboxylic acids is 2. The molecule has 3 N–H and O–H groups in total. The summed E-state index contributed by atoms with van der Waals surface area (Å²) in [5, 5.41) is 2.86. The highest BCUT2D eigenvalue weighted by atomic mass is 35.5. The fourth-order valence-corrected chi connectivity index (χ4v) is 2.21. The lowest BCUT2D eigenvalue weighted by molar-refractivity contribution is -0.135. The summed E-state index contributed by atoms with van der Waals surface area (Å²) in [7, 11) is 0. The van der Waals surface area contributed by atoms with Crippen LogP contribution >= 0.6 is 12.4 Å². The molecule has 5 nitrogen and oxygen atoms in total. The highest BCUT2D eigenvalue weighted by Gasteiger charge is 2.23. The molecule has 0 aromatic carbocycles. The third-order valence-electron chi connectivity index (χ3n) is 4.05. The molecule has 1 rings (SSSR count). The maximum Gasteiger partial charge on any atom is 0.239 e. The molecule has 0 bridgehead atoms. The zero-order valence-corrected chi connectivity index (χ0v) is 13.4. The lowest BCUT2D eigenvalue weighted by atomic mass is 9.94. The van der Waals surface area contributed by atoms with Crippen molar-refractivity contribution in [2.45, 2.75) is 57.9 Å². The Hall–Kier alpha value is -0.810. The maximum absolute atomic E-state index is 11.9. The Labute approximate surface area is 128 Å². The predicted octanol–water partition coefficient (Wildman–Crippen LogP) is 1.44. The van der Waals surface area contributed by atoms with E-state index in [2.05, 4.69) is 5.32 Å². The van der Waals surface area contributed by atoms with Crippen LogP contribution in [0.15, 0.2) is 0 Å². The van der Waals surface area contributed by atoms with E-state index in [9.17, 15) is 9.59 Å². The van der Waals surface area contributed by atoms with Crippen molar-refractivity contribution in [2.24, 2.45) is 5.73 Å². The maximum atomic E-state index is 11.9. The van der Waals surface area contributed by atoms with Crippen LogP contribution in [0.2, 0.25) is 0 Å². The largest absolute Gasteiger partial charge is 0.353 e. The first-order valence-electron chi connectivity index (χ1n) is 7.34. The standard InChI is InChI=1S/C14H27N3O2.ClH/c1-3-14(15,4-2)11-16-12(18)10-17-9-7-5-6-8-13(17)19;/h3-11,15H2,1-2H3,(H,16,18);1H. The Morgan fingerprint density at radius 2 is 1.95 bits per heavy atom. The van der Waals surface area contributed by atoms with Crippen LogP contribution in [0, 0.1) is 0 Å². The molecule has 1 heterocycles. The summed E-state index contributed by atoms with van der Waals surface area (Å²) >= 11 is 0. The molecule has 1 aliphatic heterocycles. The molecular formula is C14H28ClN3O2. The van der Waals surface area contributed by atoms with Gasteiger partial charge < -0.3 is 16.0 Å². The van der Waals surface area contributed by atoms with Gasteiger partial charge in [-0.05, 0) is 25.7 Å². The number of rotatable bonds is 6. The van der Waals surface area contributed by atoms with E-state index in [1.807, 2.05) is 13.8 Å². The van der Waals surface area contributed by atoms with Gasteiger partial charge in [0.05, 0.1) is 6.54 Å². The van der Waals surface area contributed by atoms with Gasteiger partial charge in [0.1, 0.15) is 0 Å². The van der Waals surface area contributed by atoms with Gasteiger partial charge >= 0.3 is 0 Å². The topological polar surface area (TPSA) is 75.4 Å². The predicted molar refractivity (Wildman–Crippen MR) is 82.8 cm³/mol. The van der Waals surface area contributed by atoms with E-state index in [1.54, 1.807) is 4.90 Å². The Morgan fingerprint density at radius 1 is 1.30 bits per heavy atom. The van der Waals surface area contributed by atoms with Crippen LogP contribution in [0.5, 0.6) is 0 Å². The summed E-state index contributed by atoms with van der Waals surface area (Å²) in [5.41, 5.74) is 5.80. The van der Waals surface area contributed by atoms with Gasteiger partial charge in [0.2, 0.25) is 11.8 Å². The molecule has 1 fully saturated rings. The van der Waals surface area contributed by atoms with Gasteiger partial charge in [-0.3, -0.25) is 9.59 Å². The van der Waals surface area contributed by atoms with Gasteiger partial charge in [0.15, 0.2) is 0 Å². The highest BCUT2D eigenvalue weighted by molar-refractivity contribution is 5.85. The average Bonchev–Trinajstić information content (AvgIpc) is 2.61. The molecule has 0 aromatic heterocycles. The molecule has 0 atom stereocenters. The van der Waals surface area contributed by atoms with E-state index in [0.29, 0.717) is 19.5 Å². The normalized spacial score (nSPS) is 16.4. The van der Waals surface area contributed by atoms with Crippen molar-refractivity contribution in [1.82, 2.24) is 10.2 Å². The third kappa shape index (κ3) is 6.09. The van der Waals surface area contributed by atoms with Crippen molar-refractivity contribution in [3.63, 3.8) is 0 Å². The van der Waals surface area contributed by atoms with Gasteiger partial charge in [-0.15, -0.1) is 12.4 Å². The van der Waals surface area contributed by atoms with E-state index >= 15 is 0 Å². The second-order valence-corrected chi connectivity index (χ2v) is 5.47. The van der Waals surface area contributed by atoms with Gasteiger partial charge in [0.25, 0.3) is 0 Å². The summed E-state index contributed by atoms with van der Waals surface area (Å²) in [6.07, 6.45) is 5.22. The smallest absolute Gasteiger partial charge is 0.239 e. The van der Waals surface area contributed by atoms with Gasteiger partial charge in [-0.25, -0.2) is 0 Å². The lowest BCUT2D eigenvalue weighted by Crippen LogP contribution is -2.51. The molecule has 6 heteroatoms. The third-order valence-corrected chi connectivity index (χ3v) is 4.05. The molecule has 0 unspecified atom stereocenters. The van der Waals surface area contributed by atoms with Crippen molar-refractivity contribution >= 4 is 24.2 Å². The number of hydrogen-bond donors (Lipinski definition) is 2. The Morgan fingerprint density at radius 3 is 2.55 bits per heavy atom. The minimum atomic E-state index is -0.335. The number of nitrogens with zero attached hydrogens (tertiary/aromatic N) is 1. The number of likely N-dealkylation sites (tertiary alicyclic amines) is 1. The number of amides is 2. The first-order chi connectivity index (χ1) is 9.00. The molecule has 0 saturated carbocycles. The minimum Gasteiger partial charge on any atom is -0.353 e. The van der Waals surface area contributed by atoms with Crippen LogP contribution in [0.1, 0.15) is 52.4 Å². The van der Waals surface area contributed by atoms with Crippen molar-refractivity contribution < 1.29 is 9.59 Å². The van der Waals surface area contributed by atoms with Crippen LogP contribution in [-0.4, -0.2) is 41.9 Å². The summed E-state index contributed by atoms with van der Waals surface area (Å²) in [6.45, 7) is 5.38. The molecule has 1 saturated heterocycles. The van der Waals surface area contributed by atoms with Crippen molar-refractivity contribution in [1.29, 1.82) is 0 Å². The fourth-order valence-electron chi connectivity index (χ4n) is 2.21. The second-order valence-electron chi connectivity index (χ2n) is 5.47. The molecule has 1 aliphatic rings. The summed E-state index contributed by atoms with van der Waals surface area (Å²) in [4.78, 5) is 25.3.